The maximum absolute atomic E-state index is 10.7. The molecule has 1 N–H and O–H groups in total. The first-order valence-electron chi connectivity index (χ1n) is 5.71. The lowest BCUT2D eigenvalue weighted by atomic mass is 10.2. The van der Waals surface area contributed by atoms with Crippen LogP contribution in [0.4, 0.5) is 0 Å². The van der Waals surface area contributed by atoms with Crippen LogP contribution in [0.5, 0.6) is 0 Å². The number of hydrogen-bond acceptors (Lipinski definition) is 2. The molecule has 0 amide bonds. The van der Waals surface area contributed by atoms with Crippen molar-refractivity contribution in [2.24, 2.45) is 0 Å². The predicted octanol–water partition coefficient (Wildman–Crippen LogP) is 1.96. The van der Waals surface area contributed by atoms with E-state index in [1.807, 2.05) is 26.8 Å². The molecule has 92 valence electrons. The van der Waals surface area contributed by atoms with Gasteiger partial charge in [0.25, 0.3) is 0 Å². The van der Waals surface area contributed by atoms with Crippen LogP contribution in [-0.4, -0.2) is 16.1 Å². The van der Waals surface area contributed by atoms with Gasteiger partial charge in [-0.05, 0) is 23.8 Å². The molecular weight excluding hydrogens is 214 g/mol. The van der Waals surface area contributed by atoms with Gasteiger partial charge in [-0.15, -0.1) is 0 Å². The van der Waals surface area contributed by atoms with Crippen LogP contribution < -0.4 is 10.6 Å². The fraction of sp³-hybridized carbons (Fsp3) is 0.286. The zero-order chi connectivity index (χ0) is 13.3. The third kappa shape index (κ3) is 4.64. The molecule has 3 nitrogen and oxygen atoms in total. The van der Waals surface area contributed by atoms with Gasteiger partial charge >= 0.3 is 5.97 Å². The fourth-order valence-electron chi connectivity index (χ4n) is 1.24. The van der Waals surface area contributed by atoms with E-state index in [4.69, 9.17) is 5.11 Å². The molecule has 0 radical (unpaired) electrons. The van der Waals surface area contributed by atoms with E-state index >= 15 is 0 Å². The van der Waals surface area contributed by atoms with Gasteiger partial charge in [-0.25, -0.2) is 4.79 Å². The number of allylic oxidation sites excluding steroid dienone is 1. The van der Waals surface area contributed by atoms with Gasteiger partial charge in [-0.3, -0.25) is 4.98 Å². The molecule has 0 fully saturated rings. The Labute approximate surface area is 102 Å². The lowest BCUT2D eigenvalue weighted by Crippen LogP contribution is -2.29. The predicted molar refractivity (Wildman–Crippen MR) is 71.2 cm³/mol. The highest BCUT2D eigenvalue weighted by Gasteiger charge is 2.01. The molecule has 0 atom stereocenters. The normalized spacial score (nSPS) is 11.7. The molecule has 1 heterocycles. The highest BCUT2D eigenvalue weighted by molar-refractivity contribution is 5.87. The Morgan fingerprint density at radius 3 is 2.65 bits per heavy atom. The molecule has 3 heteroatoms. The van der Waals surface area contributed by atoms with E-state index in [9.17, 15) is 4.79 Å². The number of aromatic carboxylic acids is 1. The SMILES string of the molecule is C=C/C=c1/ncc(C(=O)O)c/c1=C/CC.CC. The molecule has 0 saturated carbocycles. The zero-order valence-corrected chi connectivity index (χ0v) is 10.6. The van der Waals surface area contributed by atoms with Gasteiger partial charge < -0.3 is 5.11 Å². The van der Waals surface area contributed by atoms with Crippen LogP contribution in [-0.2, 0) is 0 Å². The lowest BCUT2D eigenvalue weighted by molar-refractivity contribution is 0.0696. The molecule has 1 aromatic rings. The Kier molecular flexibility index (Phi) is 7.35. The van der Waals surface area contributed by atoms with Crippen molar-refractivity contribution in [2.75, 3.05) is 0 Å². The summed E-state index contributed by atoms with van der Waals surface area (Å²) in [6.07, 6.45) is 7.52. The topological polar surface area (TPSA) is 50.2 Å². The van der Waals surface area contributed by atoms with E-state index in [0.717, 1.165) is 17.0 Å². The van der Waals surface area contributed by atoms with Crippen LogP contribution in [0.15, 0.2) is 24.9 Å². The minimum Gasteiger partial charge on any atom is -0.478 e. The summed E-state index contributed by atoms with van der Waals surface area (Å²) in [6.45, 7) is 9.58. The van der Waals surface area contributed by atoms with Crippen molar-refractivity contribution >= 4 is 18.1 Å². The van der Waals surface area contributed by atoms with Crippen molar-refractivity contribution in [2.45, 2.75) is 27.2 Å². The minimum atomic E-state index is -0.960. The second-order valence-corrected chi connectivity index (χ2v) is 3.02. The summed E-state index contributed by atoms with van der Waals surface area (Å²) >= 11 is 0. The first-order valence-corrected chi connectivity index (χ1v) is 5.71. The molecule has 0 aliphatic carbocycles. The molecule has 1 rings (SSSR count). The van der Waals surface area contributed by atoms with Crippen LogP contribution in [0.2, 0.25) is 0 Å². The van der Waals surface area contributed by atoms with E-state index in [1.54, 1.807) is 18.2 Å². The zero-order valence-electron chi connectivity index (χ0n) is 10.6. The molecule has 1 aromatic heterocycles. The number of rotatable bonds is 3. The fourth-order valence-corrected chi connectivity index (χ4v) is 1.24. The van der Waals surface area contributed by atoms with E-state index < -0.39 is 5.97 Å². The Balaban J connectivity index is 0.00000121. The van der Waals surface area contributed by atoms with Gasteiger partial charge in [0, 0.05) is 6.20 Å². The van der Waals surface area contributed by atoms with Crippen LogP contribution in [0.25, 0.3) is 12.2 Å². The average Bonchev–Trinajstić information content (AvgIpc) is 2.34. The standard InChI is InChI=1S/C12H13NO2.C2H6/c1-3-5-9-7-10(12(14)15)8-13-11(9)6-4-2;1-2/h4-8H,2-3H2,1H3,(H,14,15);1-2H3/b9-5-,11-6+;. The number of nitrogens with zero attached hydrogens (tertiary/aromatic N) is 1. The Hall–Kier alpha value is -1.90. The van der Waals surface area contributed by atoms with E-state index in [2.05, 4.69) is 11.6 Å². The number of aromatic nitrogens is 1. The molecule has 0 aliphatic heterocycles. The molecule has 0 aromatic carbocycles. The van der Waals surface area contributed by atoms with E-state index in [1.165, 1.54) is 6.20 Å². The van der Waals surface area contributed by atoms with Gasteiger partial charge in [-0.2, -0.15) is 0 Å². The monoisotopic (exact) mass is 233 g/mol. The van der Waals surface area contributed by atoms with Crippen LogP contribution >= 0.6 is 0 Å². The number of hydrogen-bond donors (Lipinski definition) is 1. The van der Waals surface area contributed by atoms with Crippen LogP contribution in [0.3, 0.4) is 0 Å². The number of carboxylic acid groups (broad SMARTS) is 1. The highest BCUT2D eigenvalue weighted by Crippen LogP contribution is 1.89. The summed E-state index contributed by atoms with van der Waals surface area (Å²) in [6, 6.07) is 1.62. The van der Waals surface area contributed by atoms with Gasteiger partial charge in [0.05, 0.1) is 10.9 Å². The second-order valence-electron chi connectivity index (χ2n) is 3.02. The summed E-state index contributed by atoms with van der Waals surface area (Å²) in [5.74, 6) is -0.960. The molecule has 0 unspecified atom stereocenters. The second kappa shape index (κ2) is 8.28. The van der Waals surface area contributed by atoms with Crippen molar-refractivity contribution in [1.29, 1.82) is 0 Å². The summed E-state index contributed by atoms with van der Waals surface area (Å²) in [4.78, 5) is 14.8. The van der Waals surface area contributed by atoms with Crippen molar-refractivity contribution in [3.63, 3.8) is 0 Å². The molecule has 17 heavy (non-hydrogen) atoms. The number of pyridine rings is 1. The molecule has 0 spiro atoms. The average molecular weight is 233 g/mol. The first kappa shape index (κ1) is 15.1. The number of carboxylic acids is 1. The molecule has 0 saturated heterocycles. The number of carbonyl (C=O) groups is 1. The Bertz CT molecular complexity index is 489. The van der Waals surface area contributed by atoms with Crippen LogP contribution in [0, 0.1) is 0 Å². The first-order chi connectivity index (χ1) is 8.19. The maximum Gasteiger partial charge on any atom is 0.337 e. The molecule has 0 aliphatic rings. The summed E-state index contributed by atoms with van der Waals surface area (Å²) in [5, 5.41) is 10.4. The third-order valence-corrected chi connectivity index (χ3v) is 1.90. The Morgan fingerprint density at radius 1 is 1.53 bits per heavy atom. The highest BCUT2D eigenvalue weighted by atomic mass is 16.4. The molecule has 0 bridgehead atoms. The van der Waals surface area contributed by atoms with Gasteiger partial charge in [-0.1, -0.05) is 39.5 Å². The summed E-state index contributed by atoms with van der Waals surface area (Å²) < 4.78 is 0. The minimum absolute atomic E-state index is 0.205. The van der Waals surface area contributed by atoms with Gasteiger partial charge in [0.15, 0.2) is 0 Å². The van der Waals surface area contributed by atoms with Crippen molar-refractivity contribution in [3.05, 3.63) is 41.0 Å². The van der Waals surface area contributed by atoms with E-state index in [0.29, 0.717) is 0 Å². The maximum atomic E-state index is 10.7. The van der Waals surface area contributed by atoms with Crippen LogP contribution in [0.1, 0.15) is 37.6 Å². The summed E-state index contributed by atoms with van der Waals surface area (Å²) in [7, 11) is 0. The van der Waals surface area contributed by atoms with Crippen molar-refractivity contribution in [3.8, 4) is 0 Å². The smallest absolute Gasteiger partial charge is 0.337 e. The molecular formula is C14H19NO2. The summed E-state index contributed by atoms with van der Waals surface area (Å²) in [5.41, 5.74) is 0.205. The third-order valence-electron chi connectivity index (χ3n) is 1.90. The van der Waals surface area contributed by atoms with Gasteiger partial charge in [0.2, 0.25) is 0 Å². The lowest BCUT2D eigenvalue weighted by Gasteiger charge is -1.94. The van der Waals surface area contributed by atoms with Crippen molar-refractivity contribution < 1.29 is 9.90 Å². The largest absolute Gasteiger partial charge is 0.478 e. The van der Waals surface area contributed by atoms with E-state index in [-0.39, 0.29) is 5.56 Å². The van der Waals surface area contributed by atoms with Gasteiger partial charge in [0.1, 0.15) is 0 Å². The quantitative estimate of drug-likeness (QED) is 0.868. The Morgan fingerprint density at radius 2 is 2.18 bits per heavy atom. The van der Waals surface area contributed by atoms with Crippen molar-refractivity contribution in [1.82, 2.24) is 4.98 Å².